The van der Waals surface area contributed by atoms with E-state index in [9.17, 15) is 4.39 Å². The molecule has 14 heavy (non-hydrogen) atoms. The molecule has 2 rings (SSSR count). The molecule has 0 bridgehead atoms. The summed E-state index contributed by atoms with van der Waals surface area (Å²) in [5, 5.41) is 4.03. The largest absolute Gasteiger partial charge is 0.268 e. The molecule has 0 aliphatic carbocycles. The van der Waals surface area contributed by atoms with Gasteiger partial charge in [0.2, 0.25) is 0 Å². The van der Waals surface area contributed by atoms with Crippen LogP contribution in [0.2, 0.25) is 0 Å². The summed E-state index contributed by atoms with van der Waals surface area (Å²) < 4.78 is 15.0. The molecule has 0 saturated heterocycles. The van der Waals surface area contributed by atoms with Crippen LogP contribution in [0.25, 0.3) is 0 Å². The molecule has 0 aliphatic heterocycles. The lowest BCUT2D eigenvalue weighted by Crippen LogP contribution is -2.02. The summed E-state index contributed by atoms with van der Waals surface area (Å²) in [6.45, 7) is 2.44. The Morgan fingerprint density at radius 2 is 2.29 bits per heavy atom. The van der Waals surface area contributed by atoms with Crippen LogP contribution in [0.4, 0.5) is 4.39 Å². The van der Waals surface area contributed by atoms with E-state index in [1.54, 1.807) is 16.9 Å². The van der Waals surface area contributed by atoms with Crippen molar-refractivity contribution in [3.63, 3.8) is 0 Å². The Hall–Kier alpha value is -1.64. The number of halogens is 1. The average Bonchev–Trinajstić information content (AvgIpc) is 2.64. The molecule has 0 fully saturated rings. The van der Waals surface area contributed by atoms with Gasteiger partial charge < -0.3 is 0 Å². The molecule has 0 N–H and O–H groups in total. The molecule has 0 spiro atoms. The SMILES string of the molecule is Cc1ccc(F)c(Cn2cccn2)c1. The second-order valence-corrected chi connectivity index (χ2v) is 3.30. The fourth-order valence-corrected chi connectivity index (χ4v) is 1.39. The van der Waals surface area contributed by atoms with Crippen LogP contribution in [-0.4, -0.2) is 9.78 Å². The third kappa shape index (κ3) is 1.82. The molecule has 0 saturated carbocycles. The zero-order chi connectivity index (χ0) is 9.97. The van der Waals surface area contributed by atoms with Crippen molar-refractivity contribution in [2.75, 3.05) is 0 Å². The van der Waals surface area contributed by atoms with Gasteiger partial charge in [0.05, 0.1) is 6.54 Å². The van der Waals surface area contributed by atoms with Crippen molar-refractivity contribution in [2.24, 2.45) is 0 Å². The highest BCUT2D eigenvalue weighted by Gasteiger charge is 2.02. The van der Waals surface area contributed by atoms with Gasteiger partial charge in [0.1, 0.15) is 5.82 Å². The molecule has 72 valence electrons. The van der Waals surface area contributed by atoms with E-state index in [4.69, 9.17) is 0 Å². The molecule has 0 aliphatic rings. The highest BCUT2D eigenvalue weighted by molar-refractivity contribution is 5.24. The van der Waals surface area contributed by atoms with Crippen LogP contribution in [0.1, 0.15) is 11.1 Å². The molecule has 3 heteroatoms. The Labute approximate surface area is 82.0 Å². The summed E-state index contributed by atoms with van der Waals surface area (Å²) in [6.07, 6.45) is 3.51. The molecule has 1 aromatic heterocycles. The van der Waals surface area contributed by atoms with E-state index in [1.165, 1.54) is 6.07 Å². The maximum atomic E-state index is 13.3. The normalized spacial score (nSPS) is 10.4. The third-order valence-corrected chi connectivity index (χ3v) is 2.09. The van der Waals surface area contributed by atoms with Crippen molar-refractivity contribution >= 4 is 0 Å². The van der Waals surface area contributed by atoms with Crippen molar-refractivity contribution in [1.29, 1.82) is 0 Å². The van der Waals surface area contributed by atoms with E-state index >= 15 is 0 Å². The van der Waals surface area contributed by atoms with Crippen molar-refractivity contribution in [2.45, 2.75) is 13.5 Å². The Kier molecular flexibility index (Phi) is 2.31. The van der Waals surface area contributed by atoms with Crippen LogP contribution in [0.5, 0.6) is 0 Å². The van der Waals surface area contributed by atoms with Crippen molar-refractivity contribution in [1.82, 2.24) is 9.78 Å². The van der Waals surface area contributed by atoms with Crippen molar-refractivity contribution in [3.05, 3.63) is 53.6 Å². The topological polar surface area (TPSA) is 17.8 Å². The predicted molar refractivity (Wildman–Crippen MR) is 52.5 cm³/mol. The first-order chi connectivity index (χ1) is 6.75. The lowest BCUT2D eigenvalue weighted by molar-refractivity contribution is 0.584. The van der Waals surface area contributed by atoms with E-state index in [1.807, 2.05) is 25.3 Å². The molecule has 1 heterocycles. The van der Waals surface area contributed by atoms with Gasteiger partial charge in [-0.2, -0.15) is 5.10 Å². The molecule has 2 aromatic rings. The summed E-state index contributed by atoms with van der Waals surface area (Å²) in [4.78, 5) is 0. The second-order valence-electron chi connectivity index (χ2n) is 3.30. The maximum absolute atomic E-state index is 13.3. The number of nitrogens with zero attached hydrogens (tertiary/aromatic N) is 2. The second kappa shape index (κ2) is 3.62. The molecule has 1 aromatic carbocycles. The van der Waals surface area contributed by atoms with Crippen LogP contribution in [0.3, 0.4) is 0 Å². The fourth-order valence-electron chi connectivity index (χ4n) is 1.39. The number of aromatic nitrogens is 2. The van der Waals surface area contributed by atoms with Gasteiger partial charge in [-0.05, 0) is 19.1 Å². The van der Waals surface area contributed by atoms with Gasteiger partial charge in [-0.1, -0.05) is 17.7 Å². The highest BCUT2D eigenvalue weighted by Crippen LogP contribution is 2.10. The van der Waals surface area contributed by atoms with E-state index in [-0.39, 0.29) is 5.82 Å². The summed E-state index contributed by atoms with van der Waals surface area (Å²) in [6, 6.07) is 6.93. The number of benzene rings is 1. The van der Waals surface area contributed by atoms with E-state index in [2.05, 4.69) is 5.10 Å². The molecular formula is C11H11FN2. The van der Waals surface area contributed by atoms with Gasteiger partial charge >= 0.3 is 0 Å². The molecule has 0 radical (unpaired) electrons. The number of hydrogen-bond acceptors (Lipinski definition) is 1. The van der Waals surface area contributed by atoms with Crippen LogP contribution < -0.4 is 0 Å². The minimum atomic E-state index is -0.175. The fraction of sp³-hybridized carbons (Fsp3) is 0.182. The Balaban J connectivity index is 2.28. The van der Waals surface area contributed by atoms with Gasteiger partial charge in [0, 0.05) is 18.0 Å². The van der Waals surface area contributed by atoms with Crippen LogP contribution >= 0.6 is 0 Å². The van der Waals surface area contributed by atoms with Gasteiger partial charge in [-0.15, -0.1) is 0 Å². The van der Waals surface area contributed by atoms with Crippen molar-refractivity contribution < 1.29 is 4.39 Å². The van der Waals surface area contributed by atoms with Gasteiger partial charge in [0.15, 0.2) is 0 Å². The zero-order valence-corrected chi connectivity index (χ0v) is 7.94. The summed E-state index contributed by atoms with van der Waals surface area (Å²) in [7, 11) is 0. The number of hydrogen-bond donors (Lipinski definition) is 0. The molecular weight excluding hydrogens is 179 g/mol. The number of rotatable bonds is 2. The van der Waals surface area contributed by atoms with E-state index < -0.39 is 0 Å². The molecule has 0 unspecified atom stereocenters. The van der Waals surface area contributed by atoms with Crippen LogP contribution in [0, 0.1) is 12.7 Å². The Morgan fingerprint density at radius 1 is 1.43 bits per heavy atom. The molecule has 2 nitrogen and oxygen atoms in total. The van der Waals surface area contributed by atoms with Gasteiger partial charge in [0.25, 0.3) is 0 Å². The first-order valence-corrected chi connectivity index (χ1v) is 4.48. The highest BCUT2D eigenvalue weighted by atomic mass is 19.1. The smallest absolute Gasteiger partial charge is 0.128 e. The Morgan fingerprint density at radius 3 is 3.00 bits per heavy atom. The minimum Gasteiger partial charge on any atom is -0.268 e. The average molecular weight is 190 g/mol. The quantitative estimate of drug-likeness (QED) is 0.711. The van der Waals surface area contributed by atoms with E-state index in [0.717, 1.165) is 5.56 Å². The first kappa shape index (κ1) is 8.94. The lowest BCUT2D eigenvalue weighted by atomic mass is 10.1. The first-order valence-electron chi connectivity index (χ1n) is 4.48. The minimum absolute atomic E-state index is 0.175. The van der Waals surface area contributed by atoms with Crippen molar-refractivity contribution in [3.8, 4) is 0 Å². The molecule has 0 atom stereocenters. The maximum Gasteiger partial charge on any atom is 0.128 e. The standard InChI is InChI=1S/C11H11FN2/c1-9-3-4-11(12)10(7-9)8-14-6-2-5-13-14/h2-7H,8H2,1H3. The summed E-state index contributed by atoms with van der Waals surface area (Å²) in [5.74, 6) is -0.175. The van der Waals surface area contributed by atoms with E-state index in [0.29, 0.717) is 12.1 Å². The van der Waals surface area contributed by atoms with Gasteiger partial charge in [-0.25, -0.2) is 4.39 Å². The van der Waals surface area contributed by atoms with Crippen LogP contribution in [-0.2, 0) is 6.54 Å². The summed E-state index contributed by atoms with van der Waals surface area (Å²) >= 11 is 0. The third-order valence-electron chi connectivity index (χ3n) is 2.09. The lowest BCUT2D eigenvalue weighted by Gasteiger charge is -2.04. The van der Waals surface area contributed by atoms with Crippen LogP contribution in [0.15, 0.2) is 36.7 Å². The van der Waals surface area contributed by atoms with Gasteiger partial charge in [-0.3, -0.25) is 4.68 Å². The monoisotopic (exact) mass is 190 g/mol. The summed E-state index contributed by atoms with van der Waals surface area (Å²) in [5.41, 5.74) is 1.74. The zero-order valence-electron chi connectivity index (χ0n) is 7.94. The molecule has 0 amide bonds. The predicted octanol–water partition coefficient (Wildman–Crippen LogP) is 2.38. The Bertz CT molecular complexity index is 421. The number of aryl methyl sites for hydroxylation is 1.